The number of anilines is 1. The highest BCUT2D eigenvalue weighted by atomic mass is 16.5. The fourth-order valence-electron chi connectivity index (χ4n) is 3.51. The number of nitrogens with zero attached hydrogens (tertiary/aromatic N) is 5. The van der Waals surface area contributed by atoms with Gasteiger partial charge in [0.2, 0.25) is 0 Å². The van der Waals surface area contributed by atoms with Crippen molar-refractivity contribution >= 4 is 5.82 Å². The molecule has 2 fully saturated rings. The third-order valence-electron chi connectivity index (χ3n) is 5.35. The van der Waals surface area contributed by atoms with Crippen LogP contribution in [0.3, 0.4) is 0 Å². The number of ether oxygens (including phenoxy) is 1. The van der Waals surface area contributed by atoms with Crippen molar-refractivity contribution in [2.45, 2.75) is 44.3 Å². The number of piperidine rings is 1. The maximum absolute atomic E-state index is 6.04. The highest BCUT2D eigenvalue weighted by molar-refractivity contribution is 5.55. The van der Waals surface area contributed by atoms with Crippen molar-refractivity contribution in [3.05, 3.63) is 54.2 Å². The van der Waals surface area contributed by atoms with Gasteiger partial charge in [0.1, 0.15) is 5.82 Å². The fraction of sp³-hybridized carbons (Fsp3) is 0.429. The molecule has 4 heterocycles. The zero-order valence-electron chi connectivity index (χ0n) is 15.7. The molecule has 2 aliphatic rings. The second kappa shape index (κ2) is 7.67. The van der Waals surface area contributed by atoms with E-state index in [1.54, 1.807) is 6.20 Å². The maximum Gasteiger partial charge on any atom is 0.259 e. The second-order valence-electron chi connectivity index (χ2n) is 7.50. The molecule has 7 nitrogen and oxygen atoms in total. The third kappa shape index (κ3) is 3.89. The summed E-state index contributed by atoms with van der Waals surface area (Å²) in [4.78, 5) is 15.5. The van der Waals surface area contributed by atoms with Crippen molar-refractivity contribution in [2.24, 2.45) is 0 Å². The lowest BCUT2D eigenvalue weighted by Gasteiger charge is -2.32. The van der Waals surface area contributed by atoms with E-state index in [-0.39, 0.29) is 6.10 Å². The van der Waals surface area contributed by atoms with Crippen LogP contribution in [-0.4, -0.2) is 39.3 Å². The summed E-state index contributed by atoms with van der Waals surface area (Å²) in [6.45, 7) is 2.51. The van der Waals surface area contributed by atoms with E-state index < -0.39 is 0 Å². The molecule has 0 N–H and O–H groups in total. The predicted octanol–water partition coefficient (Wildman–Crippen LogP) is 3.59. The molecular formula is C21H23N5O2. The van der Waals surface area contributed by atoms with Gasteiger partial charge in [0, 0.05) is 37.6 Å². The Morgan fingerprint density at radius 3 is 2.68 bits per heavy atom. The van der Waals surface area contributed by atoms with Crippen molar-refractivity contribution in [3.8, 4) is 11.5 Å². The molecule has 0 atom stereocenters. The summed E-state index contributed by atoms with van der Waals surface area (Å²) >= 11 is 0. The van der Waals surface area contributed by atoms with Crippen LogP contribution < -0.4 is 4.90 Å². The molecule has 0 amide bonds. The monoisotopic (exact) mass is 377 g/mol. The molecule has 28 heavy (non-hydrogen) atoms. The number of pyridine rings is 2. The quantitative estimate of drug-likeness (QED) is 0.649. The van der Waals surface area contributed by atoms with Crippen molar-refractivity contribution in [3.63, 3.8) is 0 Å². The molecule has 7 heteroatoms. The van der Waals surface area contributed by atoms with Gasteiger partial charge in [0.15, 0.2) is 5.82 Å². The van der Waals surface area contributed by atoms with Gasteiger partial charge in [-0.2, -0.15) is 4.98 Å². The minimum atomic E-state index is 0.287. The molecule has 0 bridgehead atoms. The molecule has 1 aliphatic heterocycles. The minimum Gasteiger partial charge on any atom is -0.373 e. The van der Waals surface area contributed by atoms with Crippen LogP contribution in [0.1, 0.15) is 43.0 Å². The first-order valence-corrected chi connectivity index (χ1v) is 9.90. The van der Waals surface area contributed by atoms with Gasteiger partial charge in [0.05, 0.1) is 18.3 Å². The molecule has 0 radical (unpaired) electrons. The van der Waals surface area contributed by atoms with Crippen LogP contribution in [0.2, 0.25) is 0 Å². The highest BCUT2D eigenvalue weighted by Gasteiger charge is 2.29. The van der Waals surface area contributed by atoms with E-state index >= 15 is 0 Å². The van der Waals surface area contributed by atoms with Crippen LogP contribution in [0.15, 0.2) is 47.4 Å². The van der Waals surface area contributed by atoms with E-state index in [1.807, 2.05) is 36.7 Å². The lowest BCUT2D eigenvalue weighted by molar-refractivity contribution is 0.0249. The molecule has 3 aromatic rings. The summed E-state index contributed by atoms with van der Waals surface area (Å²) in [5.41, 5.74) is 1.99. The summed E-state index contributed by atoms with van der Waals surface area (Å²) < 4.78 is 11.4. The van der Waals surface area contributed by atoms with Gasteiger partial charge in [-0.05, 0) is 49.4 Å². The van der Waals surface area contributed by atoms with Crippen molar-refractivity contribution < 1.29 is 9.26 Å². The molecule has 0 aromatic carbocycles. The Morgan fingerprint density at radius 1 is 1.07 bits per heavy atom. The molecule has 0 spiro atoms. The first-order valence-electron chi connectivity index (χ1n) is 9.90. The van der Waals surface area contributed by atoms with Crippen LogP contribution in [-0.2, 0) is 11.3 Å². The Bertz CT molecular complexity index is 900. The van der Waals surface area contributed by atoms with Gasteiger partial charge in [-0.15, -0.1) is 0 Å². The molecule has 144 valence electrons. The van der Waals surface area contributed by atoms with Gasteiger partial charge in [-0.25, -0.2) is 4.98 Å². The normalized spacial score (nSPS) is 17.8. The fourth-order valence-corrected chi connectivity index (χ4v) is 3.51. The standard InChI is InChI=1S/C21H23N5O2/c1-2-15(12-22-9-1)14-27-18-7-10-26(11-8-18)19-6-5-17(13-23-19)21-24-20(25-28-21)16-3-4-16/h1-2,5-6,9,12-13,16,18H,3-4,7-8,10-11,14H2. The Balaban J connectivity index is 1.15. The van der Waals surface area contributed by atoms with E-state index in [4.69, 9.17) is 9.26 Å². The van der Waals surface area contributed by atoms with Crippen LogP contribution >= 0.6 is 0 Å². The average Bonchev–Trinajstić information content (AvgIpc) is 3.50. The van der Waals surface area contributed by atoms with Crippen molar-refractivity contribution in [2.75, 3.05) is 18.0 Å². The minimum absolute atomic E-state index is 0.287. The summed E-state index contributed by atoms with van der Waals surface area (Å²) in [5.74, 6) is 2.86. The maximum atomic E-state index is 6.04. The van der Waals surface area contributed by atoms with E-state index in [2.05, 4.69) is 25.0 Å². The van der Waals surface area contributed by atoms with Gasteiger partial charge in [-0.3, -0.25) is 4.98 Å². The summed E-state index contributed by atoms with van der Waals surface area (Å²) in [5, 5.41) is 4.07. The van der Waals surface area contributed by atoms with Gasteiger partial charge < -0.3 is 14.2 Å². The molecule has 1 aliphatic carbocycles. The first kappa shape index (κ1) is 17.3. The first-order chi connectivity index (χ1) is 13.8. The number of aromatic nitrogens is 4. The number of hydrogen-bond acceptors (Lipinski definition) is 7. The van der Waals surface area contributed by atoms with Crippen LogP contribution in [0, 0.1) is 0 Å². The SMILES string of the molecule is c1cncc(COC2CCN(c3ccc(-c4nc(C5CC5)no4)cn3)CC2)c1. The summed E-state index contributed by atoms with van der Waals surface area (Å²) in [6.07, 6.45) is 10.1. The Labute approximate surface area is 163 Å². The highest BCUT2D eigenvalue weighted by Crippen LogP contribution is 2.38. The smallest absolute Gasteiger partial charge is 0.259 e. The van der Waals surface area contributed by atoms with Crippen molar-refractivity contribution in [1.29, 1.82) is 0 Å². The van der Waals surface area contributed by atoms with E-state index in [0.717, 1.165) is 61.5 Å². The van der Waals surface area contributed by atoms with Gasteiger partial charge in [-0.1, -0.05) is 11.2 Å². The molecule has 5 rings (SSSR count). The van der Waals surface area contributed by atoms with Crippen LogP contribution in [0.25, 0.3) is 11.5 Å². The zero-order chi connectivity index (χ0) is 18.8. The van der Waals surface area contributed by atoms with E-state index in [9.17, 15) is 0 Å². The topological polar surface area (TPSA) is 77.2 Å². The molecule has 1 saturated heterocycles. The van der Waals surface area contributed by atoms with Crippen LogP contribution in [0.4, 0.5) is 5.82 Å². The third-order valence-corrected chi connectivity index (χ3v) is 5.35. The largest absolute Gasteiger partial charge is 0.373 e. The zero-order valence-corrected chi connectivity index (χ0v) is 15.7. The average molecular weight is 377 g/mol. The van der Waals surface area contributed by atoms with Gasteiger partial charge in [0.25, 0.3) is 5.89 Å². The van der Waals surface area contributed by atoms with Gasteiger partial charge >= 0.3 is 0 Å². The predicted molar refractivity (Wildman–Crippen MR) is 104 cm³/mol. The lowest BCUT2D eigenvalue weighted by Crippen LogP contribution is -2.37. The van der Waals surface area contributed by atoms with E-state index in [1.165, 1.54) is 0 Å². The Hall–Kier alpha value is -2.80. The molecule has 0 unspecified atom stereocenters. The second-order valence-corrected chi connectivity index (χ2v) is 7.50. The lowest BCUT2D eigenvalue weighted by atomic mass is 10.1. The summed E-state index contributed by atoms with van der Waals surface area (Å²) in [7, 11) is 0. The summed E-state index contributed by atoms with van der Waals surface area (Å²) in [6, 6.07) is 8.03. The molecule has 3 aromatic heterocycles. The number of rotatable bonds is 6. The van der Waals surface area contributed by atoms with Crippen LogP contribution in [0.5, 0.6) is 0 Å². The Morgan fingerprint density at radius 2 is 1.96 bits per heavy atom. The van der Waals surface area contributed by atoms with Crippen molar-refractivity contribution in [1.82, 2.24) is 20.1 Å². The number of hydrogen-bond donors (Lipinski definition) is 0. The molecule has 1 saturated carbocycles. The molecular weight excluding hydrogens is 354 g/mol. The van der Waals surface area contributed by atoms with E-state index in [0.29, 0.717) is 18.4 Å². The Kier molecular flexibility index (Phi) is 4.74.